The second kappa shape index (κ2) is 6.65. The van der Waals surface area contributed by atoms with Gasteiger partial charge in [-0.1, -0.05) is 0 Å². The molecule has 18 heavy (non-hydrogen) atoms. The van der Waals surface area contributed by atoms with E-state index in [1.807, 2.05) is 0 Å². The summed E-state index contributed by atoms with van der Waals surface area (Å²) in [5.74, 6) is -0.0994. The fraction of sp³-hybridized carbons (Fsp3) is 0.250. The van der Waals surface area contributed by atoms with Crippen molar-refractivity contribution in [2.45, 2.75) is 14.8 Å². The lowest BCUT2D eigenvalue weighted by Crippen LogP contribution is -1.95. The summed E-state index contributed by atoms with van der Waals surface area (Å²) in [5, 5.41) is 8.59. The molecule has 0 amide bonds. The third-order valence-corrected chi connectivity index (χ3v) is 6.84. The molecule has 0 aromatic carbocycles. The van der Waals surface area contributed by atoms with Gasteiger partial charge in [-0.25, -0.2) is 0 Å². The molecular formula is C12H12O2S4. The van der Waals surface area contributed by atoms with Gasteiger partial charge < -0.3 is 5.11 Å². The van der Waals surface area contributed by atoms with Crippen LogP contribution in [0.25, 0.3) is 9.75 Å². The van der Waals surface area contributed by atoms with Crippen LogP contribution in [-0.4, -0.2) is 23.1 Å². The first-order valence-corrected chi connectivity index (χ1v) is 9.12. The topological polar surface area (TPSA) is 37.3 Å². The van der Waals surface area contributed by atoms with E-state index in [-0.39, 0.29) is 6.42 Å². The molecule has 2 nitrogen and oxygen atoms in total. The molecule has 0 saturated carbocycles. The summed E-state index contributed by atoms with van der Waals surface area (Å²) < 4.78 is 2.50. The Bertz CT molecular complexity index is 530. The van der Waals surface area contributed by atoms with Gasteiger partial charge >= 0.3 is 5.97 Å². The fourth-order valence-electron chi connectivity index (χ4n) is 1.33. The Morgan fingerprint density at radius 3 is 2.33 bits per heavy atom. The van der Waals surface area contributed by atoms with Gasteiger partial charge in [0, 0.05) is 15.5 Å². The SMILES string of the molecule is CSc1ccc(-c2ccc(SCCC(=O)O)s2)s1. The van der Waals surface area contributed by atoms with Crippen molar-refractivity contribution in [2.24, 2.45) is 0 Å². The first kappa shape index (κ1) is 14.0. The lowest BCUT2D eigenvalue weighted by atomic mass is 10.4. The first-order chi connectivity index (χ1) is 8.69. The average Bonchev–Trinajstić information content (AvgIpc) is 2.95. The quantitative estimate of drug-likeness (QED) is 0.779. The molecule has 0 atom stereocenters. The summed E-state index contributed by atoms with van der Waals surface area (Å²) in [7, 11) is 0. The monoisotopic (exact) mass is 316 g/mol. The minimum atomic E-state index is -0.734. The van der Waals surface area contributed by atoms with Gasteiger partial charge in [0.2, 0.25) is 0 Å². The summed E-state index contributed by atoms with van der Waals surface area (Å²) in [6.07, 6.45) is 2.30. The molecule has 2 aromatic heterocycles. The number of carboxylic acids is 1. The highest BCUT2D eigenvalue weighted by atomic mass is 32.2. The number of thioether (sulfide) groups is 2. The van der Waals surface area contributed by atoms with Crippen molar-refractivity contribution in [3.63, 3.8) is 0 Å². The van der Waals surface area contributed by atoms with E-state index >= 15 is 0 Å². The predicted octanol–water partition coefficient (Wildman–Crippen LogP) is 4.77. The zero-order valence-electron chi connectivity index (χ0n) is 9.71. The molecule has 0 bridgehead atoms. The van der Waals surface area contributed by atoms with Gasteiger partial charge in [0.15, 0.2) is 0 Å². The average molecular weight is 316 g/mol. The van der Waals surface area contributed by atoms with E-state index in [0.29, 0.717) is 5.75 Å². The maximum atomic E-state index is 10.4. The molecular weight excluding hydrogens is 304 g/mol. The molecule has 1 N–H and O–H groups in total. The Hall–Kier alpha value is -0.430. The van der Waals surface area contributed by atoms with Gasteiger partial charge in [-0.05, 0) is 30.5 Å². The van der Waals surface area contributed by atoms with Gasteiger partial charge in [-0.2, -0.15) is 0 Å². The number of hydrogen-bond donors (Lipinski definition) is 1. The number of hydrogen-bond acceptors (Lipinski definition) is 5. The maximum Gasteiger partial charge on any atom is 0.304 e. The molecule has 0 aliphatic rings. The van der Waals surface area contributed by atoms with Crippen LogP contribution in [0.4, 0.5) is 0 Å². The molecule has 96 valence electrons. The summed E-state index contributed by atoms with van der Waals surface area (Å²) in [6, 6.07) is 8.48. The fourth-order valence-corrected chi connectivity index (χ4v) is 5.10. The number of carbonyl (C=O) groups is 1. The van der Waals surface area contributed by atoms with E-state index in [2.05, 4.69) is 30.5 Å². The third-order valence-electron chi connectivity index (χ3n) is 2.17. The molecule has 0 aliphatic heterocycles. The number of thiophene rings is 2. The van der Waals surface area contributed by atoms with Crippen molar-refractivity contribution < 1.29 is 9.90 Å². The zero-order chi connectivity index (χ0) is 13.0. The highest BCUT2D eigenvalue weighted by Crippen LogP contribution is 2.39. The van der Waals surface area contributed by atoms with Crippen LogP contribution in [0.3, 0.4) is 0 Å². The molecule has 0 saturated heterocycles. The van der Waals surface area contributed by atoms with Crippen molar-refractivity contribution in [1.29, 1.82) is 0 Å². The van der Waals surface area contributed by atoms with Crippen LogP contribution in [0.5, 0.6) is 0 Å². The Kier molecular flexibility index (Phi) is 5.17. The van der Waals surface area contributed by atoms with E-state index in [0.717, 1.165) is 0 Å². The van der Waals surface area contributed by atoms with Crippen LogP contribution in [0, 0.1) is 0 Å². The van der Waals surface area contributed by atoms with Crippen LogP contribution < -0.4 is 0 Å². The molecule has 2 aromatic rings. The molecule has 0 aliphatic carbocycles. The van der Waals surface area contributed by atoms with Crippen LogP contribution >= 0.6 is 46.2 Å². The normalized spacial score (nSPS) is 10.7. The van der Waals surface area contributed by atoms with Crippen LogP contribution in [0.15, 0.2) is 32.7 Å². The van der Waals surface area contributed by atoms with Gasteiger partial charge in [0.1, 0.15) is 0 Å². The standard InChI is InChI=1S/C12H12O2S4/c1-15-11-4-2-8(17-11)9-3-5-12(18-9)16-7-6-10(13)14/h2-5H,6-7H2,1H3,(H,13,14). The minimum Gasteiger partial charge on any atom is -0.481 e. The molecule has 0 radical (unpaired) electrons. The van der Waals surface area contributed by atoms with E-state index in [9.17, 15) is 4.79 Å². The van der Waals surface area contributed by atoms with Gasteiger partial charge in [-0.3, -0.25) is 4.79 Å². The van der Waals surface area contributed by atoms with E-state index in [4.69, 9.17) is 5.11 Å². The van der Waals surface area contributed by atoms with Gasteiger partial charge in [0.25, 0.3) is 0 Å². The summed E-state index contributed by atoms with van der Waals surface area (Å²) >= 11 is 6.91. The molecule has 0 spiro atoms. The summed E-state index contributed by atoms with van der Waals surface area (Å²) in [6.45, 7) is 0. The second-order valence-corrected chi connectivity index (χ2v) is 8.10. The molecule has 0 fully saturated rings. The zero-order valence-corrected chi connectivity index (χ0v) is 13.0. The Morgan fingerprint density at radius 1 is 1.17 bits per heavy atom. The smallest absolute Gasteiger partial charge is 0.304 e. The highest BCUT2D eigenvalue weighted by Gasteiger charge is 2.07. The lowest BCUT2D eigenvalue weighted by molar-refractivity contribution is -0.136. The minimum absolute atomic E-state index is 0.216. The molecule has 2 heterocycles. The Labute approximate surface area is 122 Å². The van der Waals surface area contributed by atoms with Gasteiger partial charge in [-0.15, -0.1) is 46.2 Å². The van der Waals surface area contributed by atoms with Crippen LogP contribution in [0.1, 0.15) is 6.42 Å². The van der Waals surface area contributed by atoms with Crippen molar-refractivity contribution >= 4 is 52.2 Å². The second-order valence-electron chi connectivity index (χ2n) is 3.43. The van der Waals surface area contributed by atoms with E-state index < -0.39 is 5.97 Å². The number of rotatable bonds is 6. The summed E-state index contributed by atoms with van der Waals surface area (Å²) in [4.78, 5) is 13.0. The highest BCUT2D eigenvalue weighted by molar-refractivity contribution is 8.01. The summed E-state index contributed by atoms with van der Waals surface area (Å²) in [5.41, 5.74) is 0. The predicted molar refractivity (Wildman–Crippen MR) is 82.4 cm³/mol. The first-order valence-electron chi connectivity index (χ1n) is 5.27. The molecule has 2 rings (SSSR count). The van der Waals surface area contributed by atoms with Crippen LogP contribution in [-0.2, 0) is 4.79 Å². The third kappa shape index (κ3) is 3.78. The van der Waals surface area contributed by atoms with Crippen LogP contribution in [0.2, 0.25) is 0 Å². The van der Waals surface area contributed by atoms with Gasteiger partial charge in [0.05, 0.1) is 14.8 Å². The lowest BCUT2D eigenvalue weighted by Gasteiger charge is -1.94. The van der Waals surface area contributed by atoms with E-state index in [1.54, 1.807) is 46.2 Å². The number of carboxylic acid groups (broad SMARTS) is 1. The largest absolute Gasteiger partial charge is 0.481 e. The Balaban J connectivity index is 1.99. The van der Waals surface area contributed by atoms with E-state index in [1.165, 1.54) is 18.2 Å². The van der Waals surface area contributed by atoms with Crippen molar-refractivity contribution in [1.82, 2.24) is 0 Å². The molecule has 0 unspecified atom stereocenters. The van der Waals surface area contributed by atoms with Crippen molar-refractivity contribution in [2.75, 3.05) is 12.0 Å². The molecule has 6 heteroatoms. The Morgan fingerprint density at radius 2 is 1.78 bits per heavy atom. The van der Waals surface area contributed by atoms with Crippen molar-refractivity contribution in [3.05, 3.63) is 24.3 Å². The number of aliphatic carboxylic acids is 1. The maximum absolute atomic E-state index is 10.4. The van der Waals surface area contributed by atoms with Crippen molar-refractivity contribution in [3.8, 4) is 9.75 Å².